The van der Waals surface area contributed by atoms with Gasteiger partial charge in [-0.2, -0.15) is 0 Å². The summed E-state index contributed by atoms with van der Waals surface area (Å²) in [5.74, 6) is -0.269. The summed E-state index contributed by atoms with van der Waals surface area (Å²) in [4.78, 5) is 2.18. The van der Waals surface area contributed by atoms with Crippen LogP contribution in [0, 0.1) is 5.41 Å². The second kappa shape index (κ2) is 4.25. The van der Waals surface area contributed by atoms with Crippen LogP contribution < -0.4 is 0 Å². The van der Waals surface area contributed by atoms with Crippen LogP contribution in [0.1, 0.15) is 25.7 Å². The minimum Gasteiger partial charge on any atom is -0.748 e. The third-order valence-corrected chi connectivity index (χ3v) is 4.48. The Bertz CT molecular complexity index is 350. The van der Waals surface area contributed by atoms with E-state index in [0.717, 1.165) is 25.9 Å². The third kappa shape index (κ3) is 2.94. The normalized spacial score (nSPS) is 28.8. The first kappa shape index (κ1) is 12.3. The van der Waals surface area contributed by atoms with Crippen molar-refractivity contribution in [2.45, 2.75) is 31.8 Å². The van der Waals surface area contributed by atoms with Crippen molar-refractivity contribution in [3.63, 3.8) is 0 Å². The van der Waals surface area contributed by atoms with Gasteiger partial charge in [-0.05, 0) is 32.2 Å². The summed E-state index contributed by atoms with van der Waals surface area (Å²) in [7, 11) is -4.06. The molecular formula is C10H18NO4S-. The third-order valence-electron chi connectivity index (χ3n) is 3.69. The van der Waals surface area contributed by atoms with Gasteiger partial charge in [0.2, 0.25) is 0 Å². The van der Waals surface area contributed by atoms with Crippen molar-refractivity contribution in [3.05, 3.63) is 0 Å². The number of nitrogens with zero attached hydrogens (tertiary/aromatic N) is 1. The van der Waals surface area contributed by atoms with Crippen molar-refractivity contribution in [1.29, 1.82) is 0 Å². The van der Waals surface area contributed by atoms with E-state index in [1.165, 1.54) is 0 Å². The molecular weight excluding hydrogens is 230 g/mol. The lowest BCUT2D eigenvalue weighted by molar-refractivity contribution is 0.131. The number of hydrogen-bond donors (Lipinski definition) is 1. The van der Waals surface area contributed by atoms with E-state index in [4.69, 9.17) is 0 Å². The SMILES string of the molecule is O=S(=O)([O-])CCCCN1CC(O)C2(CC2)C1. The van der Waals surface area contributed by atoms with E-state index in [9.17, 15) is 18.1 Å². The Morgan fingerprint density at radius 2 is 2.06 bits per heavy atom. The molecule has 0 aromatic rings. The smallest absolute Gasteiger partial charge is 0.0945 e. The Balaban J connectivity index is 1.65. The first-order chi connectivity index (χ1) is 7.41. The lowest BCUT2D eigenvalue weighted by Crippen LogP contribution is -2.23. The number of likely N-dealkylation sites (tertiary alicyclic amines) is 1. The Morgan fingerprint density at radius 1 is 1.38 bits per heavy atom. The molecule has 1 aliphatic heterocycles. The number of aliphatic hydroxyl groups excluding tert-OH is 1. The van der Waals surface area contributed by atoms with Gasteiger partial charge in [-0.25, -0.2) is 8.42 Å². The Labute approximate surface area is 96.2 Å². The Kier molecular flexibility index (Phi) is 3.27. The van der Waals surface area contributed by atoms with Gasteiger partial charge in [0.15, 0.2) is 0 Å². The van der Waals surface area contributed by atoms with Crippen molar-refractivity contribution in [2.24, 2.45) is 5.41 Å². The lowest BCUT2D eigenvalue weighted by atomic mass is 10.0. The maximum atomic E-state index is 10.4. The van der Waals surface area contributed by atoms with E-state index in [1.54, 1.807) is 0 Å². The fourth-order valence-electron chi connectivity index (χ4n) is 2.49. The second-order valence-electron chi connectivity index (χ2n) is 5.08. The fourth-order valence-corrected chi connectivity index (χ4v) is 3.05. The summed E-state index contributed by atoms with van der Waals surface area (Å²) in [6, 6.07) is 0. The van der Waals surface area contributed by atoms with Crippen LogP contribution in [0.3, 0.4) is 0 Å². The van der Waals surface area contributed by atoms with Gasteiger partial charge in [-0.1, -0.05) is 0 Å². The van der Waals surface area contributed by atoms with Crippen molar-refractivity contribution >= 4 is 10.1 Å². The standard InChI is InChI=1S/C10H19NO4S/c12-9-7-11(8-10(9)3-4-10)5-1-2-6-16(13,14)15/h9,12H,1-8H2,(H,13,14,15)/p-1. The highest BCUT2D eigenvalue weighted by atomic mass is 32.2. The van der Waals surface area contributed by atoms with E-state index in [2.05, 4.69) is 4.90 Å². The molecule has 0 amide bonds. The van der Waals surface area contributed by atoms with Gasteiger partial charge in [0.25, 0.3) is 0 Å². The van der Waals surface area contributed by atoms with Gasteiger partial charge in [-0.3, -0.25) is 0 Å². The molecule has 1 spiro atoms. The summed E-state index contributed by atoms with van der Waals surface area (Å²) in [6.07, 6.45) is 3.14. The first-order valence-corrected chi connectivity index (χ1v) is 7.33. The van der Waals surface area contributed by atoms with Gasteiger partial charge in [-0.15, -0.1) is 0 Å². The summed E-state index contributed by atoms with van der Waals surface area (Å²) in [5.41, 5.74) is 0.157. The molecule has 2 aliphatic rings. The van der Waals surface area contributed by atoms with E-state index >= 15 is 0 Å². The molecule has 0 radical (unpaired) electrons. The van der Waals surface area contributed by atoms with Crippen LogP contribution in [0.4, 0.5) is 0 Å². The van der Waals surface area contributed by atoms with Crippen LogP contribution in [-0.4, -0.2) is 54.5 Å². The molecule has 1 saturated heterocycles. The zero-order valence-corrected chi connectivity index (χ0v) is 10.1. The molecule has 2 rings (SSSR count). The van der Waals surface area contributed by atoms with Crippen LogP contribution in [0.2, 0.25) is 0 Å². The van der Waals surface area contributed by atoms with Crippen LogP contribution in [0.5, 0.6) is 0 Å². The van der Waals surface area contributed by atoms with E-state index in [0.29, 0.717) is 19.4 Å². The summed E-state index contributed by atoms with van der Waals surface area (Å²) in [6.45, 7) is 2.41. The number of aliphatic hydroxyl groups is 1. The molecule has 16 heavy (non-hydrogen) atoms. The zero-order valence-electron chi connectivity index (χ0n) is 9.26. The van der Waals surface area contributed by atoms with Gasteiger partial charge < -0.3 is 14.6 Å². The predicted molar refractivity (Wildman–Crippen MR) is 57.9 cm³/mol. The molecule has 1 heterocycles. The zero-order chi connectivity index (χ0) is 11.8. The molecule has 1 atom stereocenters. The second-order valence-corrected chi connectivity index (χ2v) is 6.61. The quantitative estimate of drug-likeness (QED) is 0.537. The molecule has 6 heteroatoms. The maximum absolute atomic E-state index is 10.4. The summed E-state index contributed by atoms with van der Waals surface area (Å²) < 4.78 is 31.2. The predicted octanol–water partition coefficient (Wildman–Crippen LogP) is -0.232. The number of β-amino-alcohol motifs (C(OH)–C–C–N with tert-alkyl or cyclic N) is 1. The number of unbranched alkanes of at least 4 members (excludes halogenated alkanes) is 1. The monoisotopic (exact) mass is 248 g/mol. The van der Waals surface area contributed by atoms with Crippen molar-refractivity contribution in [2.75, 3.05) is 25.4 Å². The summed E-state index contributed by atoms with van der Waals surface area (Å²) in [5, 5.41) is 9.79. The fraction of sp³-hybridized carbons (Fsp3) is 1.00. The van der Waals surface area contributed by atoms with Crippen LogP contribution >= 0.6 is 0 Å². The number of rotatable bonds is 5. The molecule has 1 saturated carbocycles. The van der Waals surface area contributed by atoms with Crippen molar-refractivity contribution in [3.8, 4) is 0 Å². The van der Waals surface area contributed by atoms with E-state index < -0.39 is 10.1 Å². The first-order valence-electron chi connectivity index (χ1n) is 5.75. The molecule has 1 unspecified atom stereocenters. The van der Waals surface area contributed by atoms with Crippen LogP contribution in [-0.2, 0) is 10.1 Å². The van der Waals surface area contributed by atoms with E-state index in [-0.39, 0.29) is 17.3 Å². The van der Waals surface area contributed by atoms with Crippen molar-refractivity contribution in [1.82, 2.24) is 4.90 Å². The molecule has 94 valence electrons. The van der Waals surface area contributed by atoms with Gasteiger partial charge in [0, 0.05) is 24.3 Å². The molecule has 0 aromatic carbocycles. The Morgan fingerprint density at radius 3 is 2.56 bits per heavy atom. The Hall–Kier alpha value is -0.170. The summed E-state index contributed by atoms with van der Waals surface area (Å²) >= 11 is 0. The largest absolute Gasteiger partial charge is 0.748 e. The molecule has 5 nitrogen and oxygen atoms in total. The number of hydrogen-bond acceptors (Lipinski definition) is 5. The highest BCUT2D eigenvalue weighted by Crippen LogP contribution is 2.52. The molecule has 2 fully saturated rings. The van der Waals surface area contributed by atoms with Gasteiger partial charge in [0.1, 0.15) is 0 Å². The topological polar surface area (TPSA) is 80.7 Å². The van der Waals surface area contributed by atoms with Crippen LogP contribution in [0.15, 0.2) is 0 Å². The molecule has 1 aliphatic carbocycles. The maximum Gasteiger partial charge on any atom is 0.0945 e. The molecule has 1 N–H and O–H groups in total. The minimum atomic E-state index is -4.06. The highest BCUT2D eigenvalue weighted by molar-refractivity contribution is 7.85. The van der Waals surface area contributed by atoms with Gasteiger partial charge >= 0.3 is 0 Å². The van der Waals surface area contributed by atoms with Crippen LogP contribution in [0.25, 0.3) is 0 Å². The van der Waals surface area contributed by atoms with Crippen molar-refractivity contribution < 1.29 is 18.1 Å². The van der Waals surface area contributed by atoms with E-state index in [1.807, 2.05) is 0 Å². The molecule has 0 bridgehead atoms. The molecule has 0 aromatic heterocycles. The average molecular weight is 248 g/mol. The minimum absolute atomic E-state index is 0.157. The lowest BCUT2D eigenvalue weighted by Gasteiger charge is -2.15. The van der Waals surface area contributed by atoms with Gasteiger partial charge in [0.05, 0.1) is 16.2 Å². The highest BCUT2D eigenvalue weighted by Gasteiger charge is 2.54. The average Bonchev–Trinajstić information content (AvgIpc) is 2.84.